The maximum atomic E-state index is 6.25. The highest BCUT2D eigenvalue weighted by Crippen LogP contribution is 2.57. The van der Waals surface area contributed by atoms with Gasteiger partial charge in [0.1, 0.15) is 36.8 Å². The molecule has 0 saturated heterocycles. The van der Waals surface area contributed by atoms with Crippen LogP contribution in [0.25, 0.3) is 0 Å². The normalized spacial score (nSPS) is 24.9. The zero-order valence-corrected chi connectivity index (χ0v) is 16.2. The number of hydrogen-bond donors (Lipinski definition) is 0. The standard InChI is InChI=1S/C24H19N3O3/c1-2-7-18-15(5-1)24(23-26-13-19(27(18)23)17-6-3-4-8-25-17)14-30-20-12-22-21(11-16(20)24)28-9-10-29-22/h1-8,11-12,19H,9-10,13-14H2/t19-,24-/m0/s1. The van der Waals surface area contributed by atoms with Gasteiger partial charge in [-0.05, 0) is 29.8 Å². The van der Waals surface area contributed by atoms with Gasteiger partial charge in [0.2, 0.25) is 0 Å². The number of nitrogens with zero attached hydrogens (tertiary/aromatic N) is 3. The van der Waals surface area contributed by atoms with E-state index in [0.29, 0.717) is 26.4 Å². The number of anilines is 1. The molecular formula is C24H19N3O3. The van der Waals surface area contributed by atoms with Crippen molar-refractivity contribution < 1.29 is 14.2 Å². The fraction of sp³-hybridized carbons (Fsp3) is 0.250. The lowest BCUT2D eigenvalue weighted by Crippen LogP contribution is -2.41. The molecule has 6 nitrogen and oxygen atoms in total. The summed E-state index contributed by atoms with van der Waals surface area (Å²) in [6, 6.07) is 18.8. The Hall–Kier alpha value is -3.54. The van der Waals surface area contributed by atoms with Gasteiger partial charge >= 0.3 is 0 Å². The van der Waals surface area contributed by atoms with Crippen LogP contribution in [0.5, 0.6) is 17.2 Å². The Balaban J connectivity index is 1.44. The van der Waals surface area contributed by atoms with E-state index in [2.05, 4.69) is 46.3 Å². The third-order valence-corrected chi connectivity index (χ3v) is 6.54. The topological polar surface area (TPSA) is 56.2 Å². The lowest BCUT2D eigenvalue weighted by Gasteiger charge is -2.27. The van der Waals surface area contributed by atoms with E-state index in [-0.39, 0.29) is 6.04 Å². The highest BCUT2D eigenvalue weighted by atomic mass is 16.6. The molecule has 0 saturated carbocycles. The van der Waals surface area contributed by atoms with Crippen molar-refractivity contribution in [2.45, 2.75) is 11.5 Å². The molecule has 1 spiro atoms. The number of ether oxygens (including phenoxy) is 3. The Morgan fingerprint density at radius 3 is 2.57 bits per heavy atom. The highest BCUT2D eigenvalue weighted by molar-refractivity contribution is 6.16. The van der Waals surface area contributed by atoms with Crippen LogP contribution in [-0.4, -0.2) is 37.2 Å². The van der Waals surface area contributed by atoms with Gasteiger partial charge in [-0.1, -0.05) is 24.3 Å². The van der Waals surface area contributed by atoms with Crippen molar-refractivity contribution in [3.63, 3.8) is 0 Å². The number of aliphatic imine (C=N–C) groups is 1. The number of amidine groups is 1. The summed E-state index contributed by atoms with van der Waals surface area (Å²) in [7, 11) is 0. The van der Waals surface area contributed by atoms with Crippen molar-refractivity contribution in [1.82, 2.24) is 4.98 Å². The third-order valence-electron chi connectivity index (χ3n) is 6.54. The molecule has 148 valence electrons. The van der Waals surface area contributed by atoms with Crippen LogP contribution >= 0.6 is 0 Å². The Kier molecular flexibility index (Phi) is 3.12. The van der Waals surface area contributed by atoms with Crippen LogP contribution < -0.4 is 19.1 Å². The van der Waals surface area contributed by atoms with Crippen molar-refractivity contribution in [1.29, 1.82) is 0 Å². The zero-order chi connectivity index (χ0) is 19.7. The van der Waals surface area contributed by atoms with Crippen LogP contribution in [0.1, 0.15) is 22.9 Å². The Morgan fingerprint density at radius 1 is 0.867 bits per heavy atom. The smallest absolute Gasteiger partial charge is 0.165 e. The molecule has 5 heterocycles. The minimum atomic E-state index is -0.439. The van der Waals surface area contributed by atoms with Gasteiger partial charge in [-0.2, -0.15) is 0 Å². The molecule has 0 fully saturated rings. The Bertz CT molecular complexity index is 1210. The molecule has 1 aromatic heterocycles. The van der Waals surface area contributed by atoms with Crippen LogP contribution in [0.2, 0.25) is 0 Å². The van der Waals surface area contributed by atoms with E-state index in [0.717, 1.165) is 34.3 Å². The average molecular weight is 397 g/mol. The summed E-state index contributed by atoms with van der Waals surface area (Å²) in [6.45, 7) is 2.33. The number of fused-ring (bicyclic) bond motifs is 8. The van der Waals surface area contributed by atoms with Gasteiger partial charge in [-0.15, -0.1) is 0 Å². The molecule has 0 amide bonds. The molecular weight excluding hydrogens is 378 g/mol. The molecule has 6 heteroatoms. The quantitative estimate of drug-likeness (QED) is 0.629. The van der Waals surface area contributed by atoms with Crippen molar-refractivity contribution in [2.75, 3.05) is 31.3 Å². The molecule has 4 aliphatic heterocycles. The Morgan fingerprint density at radius 2 is 1.70 bits per heavy atom. The summed E-state index contributed by atoms with van der Waals surface area (Å²) in [4.78, 5) is 12.0. The highest BCUT2D eigenvalue weighted by Gasteiger charge is 2.58. The second-order valence-corrected chi connectivity index (χ2v) is 8.01. The molecule has 3 aromatic rings. The summed E-state index contributed by atoms with van der Waals surface area (Å²) < 4.78 is 17.9. The van der Waals surface area contributed by atoms with Gasteiger partial charge in [-0.25, -0.2) is 0 Å². The summed E-state index contributed by atoms with van der Waals surface area (Å²) in [6.07, 6.45) is 1.85. The first-order valence-corrected chi connectivity index (χ1v) is 10.3. The average Bonchev–Trinajstić information content (AvgIpc) is 3.47. The number of para-hydroxylation sites is 1. The SMILES string of the molecule is c1ccc([C@@H]2CN=C3N2c2ccccc2[C@]32COc3cc4c(cc32)OCCO4)nc1. The molecule has 0 unspecified atom stereocenters. The van der Waals surface area contributed by atoms with Gasteiger partial charge in [0.25, 0.3) is 0 Å². The first-order chi connectivity index (χ1) is 14.9. The maximum absolute atomic E-state index is 6.25. The van der Waals surface area contributed by atoms with Crippen LogP contribution in [0.15, 0.2) is 65.8 Å². The molecule has 0 bridgehead atoms. The van der Waals surface area contributed by atoms with Crippen LogP contribution in [0.3, 0.4) is 0 Å². The monoisotopic (exact) mass is 397 g/mol. The molecule has 0 N–H and O–H groups in total. The largest absolute Gasteiger partial charge is 0.491 e. The lowest BCUT2D eigenvalue weighted by atomic mass is 9.76. The minimum Gasteiger partial charge on any atom is -0.491 e. The second kappa shape index (κ2) is 5.75. The second-order valence-electron chi connectivity index (χ2n) is 8.01. The fourth-order valence-electron chi connectivity index (χ4n) is 5.26. The lowest BCUT2D eigenvalue weighted by molar-refractivity contribution is 0.171. The van der Waals surface area contributed by atoms with E-state index in [1.807, 2.05) is 24.4 Å². The molecule has 0 aliphatic carbocycles. The molecule has 2 aromatic carbocycles. The number of hydrogen-bond acceptors (Lipinski definition) is 6. The molecule has 30 heavy (non-hydrogen) atoms. The molecule has 0 radical (unpaired) electrons. The molecule has 4 aliphatic rings. The van der Waals surface area contributed by atoms with Gasteiger partial charge in [0.05, 0.1) is 18.3 Å². The van der Waals surface area contributed by atoms with E-state index in [1.54, 1.807) is 0 Å². The van der Waals surface area contributed by atoms with Gasteiger partial charge < -0.3 is 19.1 Å². The summed E-state index contributed by atoms with van der Waals surface area (Å²) in [5.74, 6) is 3.41. The van der Waals surface area contributed by atoms with Crippen molar-refractivity contribution in [2.24, 2.45) is 4.99 Å². The van der Waals surface area contributed by atoms with Crippen molar-refractivity contribution >= 4 is 11.5 Å². The van der Waals surface area contributed by atoms with Crippen LogP contribution in [0.4, 0.5) is 5.69 Å². The van der Waals surface area contributed by atoms with Crippen molar-refractivity contribution in [3.8, 4) is 17.2 Å². The minimum absolute atomic E-state index is 0.0861. The van der Waals surface area contributed by atoms with Crippen LogP contribution in [-0.2, 0) is 5.41 Å². The first-order valence-electron chi connectivity index (χ1n) is 10.3. The first kappa shape index (κ1) is 16.3. The van der Waals surface area contributed by atoms with Crippen LogP contribution in [0, 0.1) is 0 Å². The van der Waals surface area contributed by atoms with E-state index < -0.39 is 5.41 Å². The van der Waals surface area contributed by atoms with Gasteiger partial charge in [0, 0.05) is 23.5 Å². The van der Waals surface area contributed by atoms with E-state index in [9.17, 15) is 0 Å². The maximum Gasteiger partial charge on any atom is 0.165 e. The summed E-state index contributed by atoms with van der Waals surface area (Å²) in [5.41, 5.74) is 4.09. The third kappa shape index (κ3) is 1.93. The zero-order valence-electron chi connectivity index (χ0n) is 16.2. The van der Waals surface area contributed by atoms with Gasteiger partial charge in [0.15, 0.2) is 11.5 Å². The van der Waals surface area contributed by atoms with Crippen molar-refractivity contribution in [3.05, 3.63) is 77.6 Å². The van der Waals surface area contributed by atoms with Gasteiger partial charge in [-0.3, -0.25) is 9.98 Å². The Labute approximate surface area is 173 Å². The molecule has 2 atom stereocenters. The van der Waals surface area contributed by atoms with E-state index in [1.165, 1.54) is 11.3 Å². The number of benzene rings is 2. The summed E-state index contributed by atoms with van der Waals surface area (Å²) >= 11 is 0. The fourth-order valence-corrected chi connectivity index (χ4v) is 5.26. The summed E-state index contributed by atoms with van der Waals surface area (Å²) in [5, 5.41) is 0. The predicted molar refractivity (Wildman–Crippen MR) is 112 cm³/mol. The van der Waals surface area contributed by atoms with E-state index in [4.69, 9.17) is 19.2 Å². The number of rotatable bonds is 1. The number of aromatic nitrogens is 1. The van der Waals surface area contributed by atoms with E-state index >= 15 is 0 Å². The predicted octanol–water partition coefficient (Wildman–Crippen LogP) is 3.50. The molecule has 7 rings (SSSR count). The number of pyridine rings is 1.